The molecule has 1 unspecified atom stereocenters. The summed E-state index contributed by atoms with van der Waals surface area (Å²) in [6, 6.07) is 11.4. The Labute approximate surface area is 384 Å². The van der Waals surface area contributed by atoms with Crippen molar-refractivity contribution in [1.82, 2.24) is 0 Å². The third kappa shape index (κ3) is 7.63. The van der Waals surface area contributed by atoms with E-state index in [1.54, 1.807) is 0 Å². The normalized spacial score (nSPS) is 29.6. The monoisotopic (exact) mass is 900 g/mol. The van der Waals surface area contributed by atoms with E-state index in [2.05, 4.69) is 0 Å². The van der Waals surface area contributed by atoms with Gasteiger partial charge in [-0.25, -0.2) is 9.59 Å². The predicted octanol–water partition coefficient (Wildman–Crippen LogP) is -2.74. The largest absolute Gasteiger partial charge is 2.00 e. The molecule has 0 aromatic heterocycles. The maximum absolute atomic E-state index is 14.6. The van der Waals surface area contributed by atoms with Gasteiger partial charge in [-0.2, -0.15) is 0 Å². The summed E-state index contributed by atoms with van der Waals surface area (Å²) in [5.74, 6) is -11.1. The first-order chi connectivity index (χ1) is 29.5. The number of carbonyl (C=O) groups excluding carboxylic acids is 2. The van der Waals surface area contributed by atoms with Crippen molar-refractivity contribution < 1.29 is 99.4 Å². The summed E-state index contributed by atoms with van der Waals surface area (Å²) in [5.41, 5.74) is -3.65. The zero-order valence-electron chi connectivity index (χ0n) is 32.4. The topological polar surface area (TPSA) is 354 Å². The van der Waals surface area contributed by atoms with Crippen LogP contribution in [0.2, 0.25) is 0 Å². The van der Waals surface area contributed by atoms with Crippen LogP contribution in [0.25, 0.3) is 0 Å². The third-order valence-corrected chi connectivity index (χ3v) is 11.6. The molecule has 2 aliphatic heterocycles. The number of rotatable bonds is 9. The van der Waals surface area contributed by atoms with Crippen LogP contribution in [-0.4, -0.2) is 187 Å². The van der Waals surface area contributed by atoms with E-state index in [-0.39, 0.29) is 82.6 Å². The van der Waals surface area contributed by atoms with Crippen molar-refractivity contribution in [3.63, 3.8) is 0 Å². The number of ketones is 2. The van der Waals surface area contributed by atoms with E-state index < -0.39 is 144 Å². The number of hydrogen-bond acceptors (Lipinski definition) is 18. The molecule has 4 aliphatic rings. The summed E-state index contributed by atoms with van der Waals surface area (Å²) < 4.78 is 22.9. The molecule has 63 heavy (non-hydrogen) atoms. The van der Waals surface area contributed by atoms with E-state index in [1.807, 2.05) is 0 Å². The second-order valence-electron chi connectivity index (χ2n) is 15.2. The van der Waals surface area contributed by atoms with E-state index in [0.717, 1.165) is 12.1 Å². The molecule has 4 aromatic rings. The molecule has 2 heterocycles. The SMILES string of the molecule is O=C(O)c1cc([O-])c2c(c1)C([C@@H]1c3cc(C(=O)O)cc([O-])c3C(=O)c3c(O[C@@H]4O[C@H](CO)[C@@H](O)[C@H](O)[C@H]4O)cccc31)c1cccc(O[C@@H]3O[C@H](CO)[C@@H](O)[C@H](O)[C@H]3O)c1C2=O.[Ca+2]. The summed E-state index contributed by atoms with van der Waals surface area (Å²) in [6.07, 6.45) is -17.9. The van der Waals surface area contributed by atoms with Crippen LogP contribution in [0.3, 0.4) is 0 Å². The fraction of sp³-hybridized carbons (Fsp3) is 0.333. The average Bonchev–Trinajstić information content (AvgIpc) is 3.24. The van der Waals surface area contributed by atoms with Crippen molar-refractivity contribution in [3.05, 3.63) is 116 Å². The van der Waals surface area contributed by atoms with Crippen LogP contribution < -0.4 is 19.7 Å². The molecule has 2 fully saturated rings. The van der Waals surface area contributed by atoms with E-state index in [1.165, 1.54) is 36.4 Å². The standard InChI is InChI=1S/C42H38O20.Ca/c43-11-23-31(47)35(51)37(53)41(61-23)59-21-5-1-3-15-25(17-7-13(39(55)56)9-19(45)27(17)33(49)29(15)21)26-16-4-2-6-22(60-42-38(54)36(52)32(48)24(12-44)62-42)30(16)34(50)28-18(26)8-14(40(57)58)10-20(28)46;/h1-10,23-26,31-32,35-38,41-48,51-54H,11-12H2,(H,55,56)(H,57,58);/q;+2/p-2/t23-,24-,25+,26?,31-,32-,35+,36+,37-,38-,41-,42-;/m1./s1. The van der Waals surface area contributed by atoms with Gasteiger partial charge < -0.3 is 80.2 Å². The van der Waals surface area contributed by atoms with Crippen LogP contribution in [-0.2, 0) is 9.47 Å². The van der Waals surface area contributed by atoms with E-state index in [0.29, 0.717) is 12.1 Å². The van der Waals surface area contributed by atoms with Gasteiger partial charge in [0.05, 0.1) is 35.5 Å². The van der Waals surface area contributed by atoms with Crippen molar-refractivity contribution in [1.29, 1.82) is 0 Å². The number of benzene rings is 4. The molecule has 2 saturated heterocycles. The van der Waals surface area contributed by atoms with Crippen molar-refractivity contribution in [2.45, 2.75) is 73.2 Å². The number of aliphatic hydroxyl groups excluding tert-OH is 8. The minimum absolute atomic E-state index is 0. The summed E-state index contributed by atoms with van der Waals surface area (Å²) in [4.78, 5) is 54.1. The molecule has 326 valence electrons. The molecule has 12 atom stereocenters. The van der Waals surface area contributed by atoms with Crippen LogP contribution in [0.15, 0.2) is 60.7 Å². The quantitative estimate of drug-likeness (QED) is 0.0762. The molecule has 2 aliphatic carbocycles. The van der Waals surface area contributed by atoms with Crippen LogP contribution in [0.5, 0.6) is 23.0 Å². The minimum atomic E-state index is -1.96. The Hall–Kier alpha value is -4.78. The second-order valence-corrected chi connectivity index (χ2v) is 15.2. The molecule has 0 bridgehead atoms. The molecule has 10 N–H and O–H groups in total. The number of carboxylic acid groups (broad SMARTS) is 2. The molecule has 20 nitrogen and oxygen atoms in total. The minimum Gasteiger partial charge on any atom is -0.872 e. The summed E-state index contributed by atoms with van der Waals surface area (Å²) in [5, 5.41) is 131. The maximum Gasteiger partial charge on any atom is 2.00 e. The van der Waals surface area contributed by atoms with Crippen LogP contribution >= 0.6 is 0 Å². The van der Waals surface area contributed by atoms with Crippen molar-refractivity contribution in [2.24, 2.45) is 0 Å². The second kappa shape index (κ2) is 17.7. The first-order valence-corrected chi connectivity index (χ1v) is 18.9. The number of aromatic carboxylic acids is 2. The predicted molar refractivity (Wildman–Crippen MR) is 204 cm³/mol. The van der Waals surface area contributed by atoms with Gasteiger partial charge in [0.1, 0.15) is 60.3 Å². The number of carboxylic acids is 2. The number of ether oxygens (including phenoxy) is 4. The van der Waals surface area contributed by atoms with E-state index in [4.69, 9.17) is 18.9 Å². The first-order valence-electron chi connectivity index (χ1n) is 18.9. The molecule has 0 spiro atoms. The summed E-state index contributed by atoms with van der Waals surface area (Å²) in [6.45, 7) is -1.67. The zero-order chi connectivity index (χ0) is 44.6. The van der Waals surface area contributed by atoms with E-state index in [9.17, 15) is 80.5 Å². The summed E-state index contributed by atoms with van der Waals surface area (Å²) >= 11 is 0. The van der Waals surface area contributed by atoms with Crippen LogP contribution in [0, 0.1) is 0 Å². The number of aliphatic hydroxyl groups is 8. The molecule has 8 rings (SSSR count). The Morgan fingerprint density at radius 1 is 0.540 bits per heavy atom. The van der Waals surface area contributed by atoms with Crippen molar-refractivity contribution >= 4 is 61.2 Å². The Morgan fingerprint density at radius 2 is 0.905 bits per heavy atom. The smallest absolute Gasteiger partial charge is 0.872 e. The van der Waals surface area contributed by atoms with Gasteiger partial charge >= 0.3 is 49.7 Å². The number of hydrogen-bond donors (Lipinski definition) is 10. The number of carbonyl (C=O) groups is 4. The van der Waals surface area contributed by atoms with Gasteiger partial charge in [-0.05, 0) is 46.5 Å². The van der Waals surface area contributed by atoms with Crippen molar-refractivity contribution in [2.75, 3.05) is 13.2 Å². The molecule has 0 saturated carbocycles. The Morgan fingerprint density at radius 3 is 1.24 bits per heavy atom. The molecule has 0 amide bonds. The summed E-state index contributed by atoms with van der Waals surface area (Å²) in [7, 11) is 0. The van der Waals surface area contributed by atoms with Gasteiger partial charge in [0, 0.05) is 23.0 Å². The van der Waals surface area contributed by atoms with Crippen LogP contribution in [0.1, 0.15) is 86.6 Å². The van der Waals surface area contributed by atoms with Gasteiger partial charge in [-0.3, -0.25) is 9.59 Å². The fourth-order valence-electron chi connectivity index (χ4n) is 8.68. The van der Waals surface area contributed by atoms with Gasteiger partial charge in [-0.1, -0.05) is 47.9 Å². The van der Waals surface area contributed by atoms with Crippen molar-refractivity contribution in [3.8, 4) is 23.0 Å². The Balaban J connectivity index is 0.00000595. The molecular weight excluding hydrogens is 865 g/mol. The Bertz CT molecular complexity index is 2330. The zero-order valence-corrected chi connectivity index (χ0v) is 34.6. The first kappa shape index (κ1) is 46.2. The average molecular weight is 901 g/mol. The molecule has 21 heteroatoms. The maximum atomic E-state index is 14.6. The molecule has 4 aromatic carbocycles. The van der Waals surface area contributed by atoms with Crippen LogP contribution in [0.4, 0.5) is 0 Å². The molecule has 0 radical (unpaired) electrons. The fourth-order valence-corrected chi connectivity index (χ4v) is 8.68. The van der Waals surface area contributed by atoms with Gasteiger partial charge in [0.15, 0.2) is 11.6 Å². The van der Waals surface area contributed by atoms with Gasteiger partial charge in [0.2, 0.25) is 12.6 Å². The van der Waals surface area contributed by atoms with Gasteiger partial charge in [0.25, 0.3) is 0 Å². The molecular formula is C42H36CaO20. The Kier molecular flexibility index (Phi) is 13.0. The van der Waals surface area contributed by atoms with E-state index >= 15 is 0 Å². The number of fused-ring (bicyclic) bond motifs is 4. The third-order valence-electron chi connectivity index (χ3n) is 11.6. The van der Waals surface area contributed by atoms with Gasteiger partial charge in [-0.15, -0.1) is 0 Å².